The molecule has 1 rings (SSSR count). The van der Waals surface area contributed by atoms with Crippen LogP contribution < -0.4 is 11.1 Å². The molecule has 1 heterocycles. The summed E-state index contributed by atoms with van der Waals surface area (Å²) in [5, 5.41) is 3.35. The van der Waals surface area contributed by atoms with E-state index in [0.717, 1.165) is 19.6 Å². The van der Waals surface area contributed by atoms with Crippen molar-refractivity contribution < 1.29 is 0 Å². The molecule has 13 heavy (non-hydrogen) atoms. The minimum absolute atomic E-state index is 0.387. The molecular weight excluding hydrogens is 162 g/mol. The Morgan fingerprint density at radius 1 is 1.38 bits per heavy atom. The van der Waals surface area contributed by atoms with E-state index in [1.807, 2.05) is 0 Å². The molecule has 0 aromatic rings. The molecule has 0 amide bonds. The third-order valence-electron chi connectivity index (χ3n) is 2.63. The summed E-state index contributed by atoms with van der Waals surface area (Å²) in [5.41, 5.74) is 6.03. The summed E-state index contributed by atoms with van der Waals surface area (Å²) < 4.78 is 0. The molecule has 0 aromatic heterocycles. The van der Waals surface area contributed by atoms with Gasteiger partial charge in [-0.1, -0.05) is 19.8 Å². The highest BCUT2D eigenvalue weighted by atomic mass is 15.2. The van der Waals surface area contributed by atoms with Crippen molar-refractivity contribution in [2.75, 3.05) is 32.7 Å². The van der Waals surface area contributed by atoms with Gasteiger partial charge in [0.2, 0.25) is 0 Å². The Labute approximate surface area is 81.7 Å². The first-order valence-electron chi connectivity index (χ1n) is 5.51. The molecule has 3 nitrogen and oxygen atoms in total. The smallest absolute Gasteiger partial charge is 0.0167 e. The van der Waals surface area contributed by atoms with Crippen LogP contribution in [0.4, 0.5) is 0 Å². The highest BCUT2D eigenvalue weighted by Gasteiger charge is 2.12. The maximum atomic E-state index is 6.03. The molecule has 1 unspecified atom stereocenters. The van der Waals surface area contributed by atoms with E-state index in [1.165, 1.54) is 32.4 Å². The van der Waals surface area contributed by atoms with E-state index in [1.54, 1.807) is 0 Å². The average molecular weight is 185 g/mol. The van der Waals surface area contributed by atoms with E-state index in [0.29, 0.717) is 6.04 Å². The number of nitrogens with two attached hydrogens (primary N) is 1. The Balaban J connectivity index is 2.07. The summed E-state index contributed by atoms with van der Waals surface area (Å²) in [6.07, 6.45) is 3.71. The molecule has 78 valence electrons. The summed E-state index contributed by atoms with van der Waals surface area (Å²) in [4.78, 5) is 2.47. The third kappa shape index (κ3) is 4.60. The molecule has 1 aliphatic heterocycles. The van der Waals surface area contributed by atoms with E-state index < -0.39 is 0 Å². The van der Waals surface area contributed by atoms with Gasteiger partial charge in [-0.25, -0.2) is 0 Å². The SMILES string of the molecule is CCCCC(N)CN1CCNCC1. The minimum atomic E-state index is 0.387. The van der Waals surface area contributed by atoms with Crippen LogP contribution in [0.2, 0.25) is 0 Å². The summed E-state index contributed by atoms with van der Waals surface area (Å²) >= 11 is 0. The minimum Gasteiger partial charge on any atom is -0.327 e. The Morgan fingerprint density at radius 2 is 2.08 bits per heavy atom. The lowest BCUT2D eigenvalue weighted by atomic mass is 10.1. The molecule has 0 saturated carbocycles. The zero-order valence-electron chi connectivity index (χ0n) is 8.76. The van der Waals surface area contributed by atoms with Crippen LogP contribution in [0.15, 0.2) is 0 Å². The van der Waals surface area contributed by atoms with Crippen molar-refractivity contribution in [2.24, 2.45) is 5.73 Å². The highest BCUT2D eigenvalue weighted by molar-refractivity contribution is 4.73. The van der Waals surface area contributed by atoms with Crippen LogP contribution >= 0.6 is 0 Å². The Hall–Kier alpha value is -0.120. The quantitative estimate of drug-likeness (QED) is 0.652. The Bertz CT molecular complexity index is 121. The van der Waals surface area contributed by atoms with Crippen molar-refractivity contribution in [3.63, 3.8) is 0 Å². The molecule has 1 fully saturated rings. The van der Waals surface area contributed by atoms with E-state index in [2.05, 4.69) is 17.1 Å². The van der Waals surface area contributed by atoms with E-state index in [4.69, 9.17) is 5.73 Å². The summed E-state index contributed by atoms with van der Waals surface area (Å²) in [6.45, 7) is 7.89. The number of nitrogens with zero attached hydrogens (tertiary/aromatic N) is 1. The number of piperazine rings is 1. The molecule has 1 aliphatic rings. The molecular formula is C10H23N3. The molecule has 0 bridgehead atoms. The fourth-order valence-corrected chi connectivity index (χ4v) is 1.78. The second kappa shape index (κ2) is 6.35. The lowest BCUT2D eigenvalue weighted by molar-refractivity contribution is 0.223. The molecule has 0 spiro atoms. The zero-order chi connectivity index (χ0) is 9.52. The molecule has 3 N–H and O–H groups in total. The molecule has 1 saturated heterocycles. The van der Waals surface area contributed by atoms with E-state index >= 15 is 0 Å². The van der Waals surface area contributed by atoms with Gasteiger partial charge in [-0.3, -0.25) is 4.90 Å². The fourth-order valence-electron chi connectivity index (χ4n) is 1.78. The third-order valence-corrected chi connectivity index (χ3v) is 2.63. The zero-order valence-corrected chi connectivity index (χ0v) is 8.76. The first kappa shape index (κ1) is 11.0. The average Bonchev–Trinajstić information content (AvgIpc) is 2.16. The Kier molecular flexibility index (Phi) is 5.35. The first-order valence-corrected chi connectivity index (χ1v) is 5.51. The molecule has 3 heteroatoms. The van der Waals surface area contributed by atoms with Gasteiger partial charge in [0.25, 0.3) is 0 Å². The van der Waals surface area contributed by atoms with Gasteiger partial charge in [0, 0.05) is 38.8 Å². The predicted octanol–water partition coefficient (Wildman–Crippen LogP) is 0.409. The van der Waals surface area contributed by atoms with Gasteiger partial charge in [0.15, 0.2) is 0 Å². The van der Waals surface area contributed by atoms with Crippen molar-refractivity contribution >= 4 is 0 Å². The normalized spacial score (nSPS) is 21.7. The molecule has 1 atom stereocenters. The molecule has 0 aromatic carbocycles. The van der Waals surface area contributed by atoms with Crippen LogP contribution in [0.1, 0.15) is 26.2 Å². The van der Waals surface area contributed by atoms with Crippen LogP contribution in [0.5, 0.6) is 0 Å². The van der Waals surface area contributed by atoms with Crippen molar-refractivity contribution in [1.82, 2.24) is 10.2 Å². The Morgan fingerprint density at radius 3 is 2.69 bits per heavy atom. The molecule has 0 radical (unpaired) electrons. The number of hydrogen-bond acceptors (Lipinski definition) is 3. The van der Waals surface area contributed by atoms with Gasteiger partial charge in [-0.15, -0.1) is 0 Å². The van der Waals surface area contributed by atoms with Gasteiger partial charge >= 0.3 is 0 Å². The maximum absolute atomic E-state index is 6.03. The summed E-state index contributed by atoms with van der Waals surface area (Å²) in [7, 11) is 0. The number of hydrogen-bond donors (Lipinski definition) is 2. The second-order valence-electron chi connectivity index (χ2n) is 3.95. The lowest BCUT2D eigenvalue weighted by Crippen LogP contribution is -2.47. The van der Waals surface area contributed by atoms with E-state index in [-0.39, 0.29) is 0 Å². The van der Waals surface area contributed by atoms with Gasteiger partial charge < -0.3 is 11.1 Å². The largest absolute Gasteiger partial charge is 0.327 e. The number of unbranched alkanes of at least 4 members (excludes halogenated alkanes) is 1. The van der Waals surface area contributed by atoms with Gasteiger partial charge in [-0.2, -0.15) is 0 Å². The van der Waals surface area contributed by atoms with Gasteiger partial charge in [0.1, 0.15) is 0 Å². The lowest BCUT2D eigenvalue weighted by Gasteiger charge is -2.29. The van der Waals surface area contributed by atoms with Crippen LogP contribution in [-0.4, -0.2) is 43.7 Å². The van der Waals surface area contributed by atoms with Gasteiger partial charge in [-0.05, 0) is 6.42 Å². The van der Waals surface area contributed by atoms with Crippen molar-refractivity contribution in [3.8, 4) is 0 Å². The predicted molar refractivity (Wildman–Crippen MR) is 56.8 cm³/mol. The number of nitrogens with one attached hydrogen (secondary N) is 1. The van der Waals surface area contributed by atoms with Crippen LogP contribution in [0, 0.1) is 0 Å². The van der Waals surface area contributed by atoms with Crippen LogP contribution in [0.3, 0.4) is 0 Å². The fraction of sp³-hybridized carbons (Fsp3) is 1.00. The second-order valence-corrected chi connectivity index (χ2v) is 3.95. The van der Waals surface area contributed by atoms with Crippen molar-refractivity contribution in [1.29, 1.82) is 0 Å². The monoisotopic (exact) mass is 185 g/mol. The summed E-state index contributed by atoms with van der Waals surface area (Å²) in [5.74, 6) is 0. The first-order chi connectivity index (χ1) is 6.33. The number of rotatable bonds is 5. The van der Waals surface area contributed by atoms with Crippen LogP contribution in [-0.2, 0) is 0 Å². The standard InChI is InChI=1S/C10H23N3/c1-2-3-4-10(11)9-13-7-5-12-6-8-13/h10,12H,2-9,11H2,1H3. The molecule has 0 aliphatic carbocycles. The topological polar surface area (TPSA) is 41.3 Å². The maximum Gasteiger partial charge on any atom is 0.0167 e. The van der Waals surface area contributed by atoms with Crippen molar-refractivity contribution in [2.45, 2.75) is 32.2 Å². The highest BCUT2D eigenvalue weighted by Crippen LogP contribution is 2.01. The van der Waals surface area contributed by atoms with Gasteiger partial charge in [0.05, 0.1) is 0 Å². The van der Waals surface area contributed by atoms with Crippen LogP contribution in [0.25, 0.3) is 0 Å². The van der Waals surface area contributed by atoms with Crippen molar-refractivity contribution in [3.05, 3.63) is 0 Å². The van der Waals surface area contributed by atoms with E-state index in [9.17, 15) is 0 Å². The summed E-state index contributed by atoms with van der Waals surface area (Å²) in [6, 6.07) is 0.387.